The van der Waals surface area contributed by atoms with E-state index in [1.54, 1.807) is 0 Å². The molecule has 0 radical (unpaired) electrons. The van der Waals surface area contributed by atoms with E-state index in [0.717, 1.165) is 38.5 Å². The van der Waals surface area contributed by atoms with Crippen LogP contribution >= 0.6 is 7.82 Å². The van der Waals surface area contributed by atoms with Gasteiger partial charge in [0.2, 0.25) is 5.91 Å². The van der Waals surface area contributed by atoms with Crippen LogP contribution in [0.5, 0.6) is 0 Å². The van der Waals surface area contributed by atoms with Gasteiger partial charge >= 0.3 is 7.82 Å². The Balaban J connectivity index is 2.17. The van der Waals surface area contributed by atoms with Gasteiger partial charge in [-0.2, -0.15) is 0 Å². The monoisotopic (exact) mass is 1010 g/mol. The van der Waals surface area contributed by atoms with Gasteiger partial charge in [-0.25, -0.2) is 4.57 Å². The molecule has 0 aliphatic heterocycles. The van der Waals surface area contributed by atoms with Gasteiger partial charge in [0.15, 0.2) is 0 Å². The molecule has 6 unspecified atom stereocenters. The molecule has 1 aliphatic rings. The van der Waals surface area contributed by atoms with Crippen molar-refractivity contribution < 1.29 is 53.9 Å². The van der Waals surface area contributed by atoms with Crippen molar-refractivity contribution in [1.82, 2.24) is 5.32 Å². The quantitative estimate of drug-likeness (QED) is 0.0213. The number of phosphoric ester groups is 1. The van der Waals surface area contributed by atoms with E-state index in [1.807, 2.05) is 0 Å². The maximum absolute atomic E-state index is 13.0. The van der Waals surface area contributed by atoms with E-state index >= 15 is 0 Å². The van der Waals surface area contributed by atoms with Gasteiger partial charge in [-0.05, 0) is 12.8 Å². The fourth-order valence-corrected chi connectivity index (χ4v) is 10.9. The maximum Gasteiger partial charge on any atom is 0.472 e. The van der Waals surface area contributed by atoms with Gasteiger partial charge in [-0.15, -0.1) is 0 Å². The van der Waals surface area contributed by atoms with Crippen molar-refractivity contribution in [2.24, 2.45) is 0 Å². The lowest BCUT2D eigenvalue weighted by Crippen LogP contribution is -2.64. The summed E-state index contributed by atoms with van der Waals surface area (Å²) in [5.74, 6) is -0.302. The average molecular weight is 1010 g/mol. The first-order chi connectivity index (χ1) is 33.4. The minimum Gasteiger partial charge on any atom is -0.391 e. The number of amides is 1. The van der Waals surface area contributed by atoms with Crippen LogP contribution in [0.1, 0.15) is 296 Å². The number of carbonyl (C=O) groups excluding carboxylic acids is 1. The second kappa shape index (κ2) is 45.9. The number of unbranched alkanes of at least 4 members (excludes halogenated alkanes) is 40. The fraction of sp³-hybridized carbons (Fsp3) is 0.982. The zero-order valence-electron chi connectivity index (χ0n) is 44.6. The molecule has 1 fully saturated rings. The highest BCUT2D eigenvalue weighted by atomic mass is 31.2. The van der Waals surface area contributed by atoms with Gasteiger partial charge in [0.05, 0.1) is 18.8 Å². The molecule has 9 atom stereocenters. The van der Waals surface area contributed by atoms with E-state index in [2.05, 4.69) is 19.2 Å². The standard InChI is InChI=1S/C56H112NO11P/c1-3-5-7-9-11-13-15-16-17-18-19-20-21-22-23-24-25-26-27-28-29-30-31-32-33-34-36-38-40-42-44-46-50(59)57-48(49(58)45-43-41-39-37-35-14-12-10-8-6-4-2)47-67-69(65,66)68-56-54(63)52(61)51(60)53(62)55(56)64/h48-49,51-56,58,60-64H,3-47H2,1-2H3,(H,57,59)(H,65,66)/t48-,49+,51?,52+,53?,54?,55?,56?/m0/s1. The van der Waals surface area contributed by atoms with Crippen LogP contribution in [0, 0.1) is 0 Å². The third-order valence-corrected chi connectivity index (χ3v) is 15.7. The van der Waals surface area contributed by atoms with Crippen molar-refractivity contribution in [1.29, 1.82) is 0 Å². The van der Waals surface area contributed by atoms with Crippen LogP contribution in [0.2, 0.25) is 0 Å². The van der Waals surface area contributed by atoms with Crippen LogP contribution in [-0.2, 0) is 18.4 Å². The topological polar surface area (TPSA) is 206 Å². The SMILES string of the molecule is CCCCCCCCCCCCCCCCCCCCCCCCCCCCCCCCCC(=O)N[C@@H](COP(=O)(O)OC1C(O)C(O)C(O)[C@@H](O)C1O)[C@H](O)CCCCCCCCCCCCC. The van der Waals surface area contributed by atoms with Crippen LogP contribution in [0.4, 0.5) is 0 Å². The molecule has 0 bridgehead atoms. The first kappa shape index (κ1) is 66.4. The molecular formula is C56H112NO11P. The van der Waals surface area contributed by atoms with Crippen molar-refractivity contribution in [3.05, 3.63) is 0 Å². The highest BCUT2D eigenvalue weighted by Gasteiger charge is 2.51. The molecule has 412 valence electrons. The van der Waals surface area contributed by atoms with Crippen LogP contribution in [0.15, 0.2) is 0 Å². The van der Waals surface area contributed by atoms with Crippen molar-refractivity contribution in [2.45, 2.75) is 345 Å². The van der Waals surface area contributed by atoms with Crippen LogP contribution in [-0.4, -0.2) is 96.8 Å². The average Bonchev–Trinajstić information content (AvgIpc) is 3.33. The third-order valence-electron chi connectivity index (χ3n) is 14.7. The van der Waals surface area contributed by atoms with E-state index < -0.39 is 63.2 Å². The van der Waals surface area contributed by atoms with Crippen molar-refractivity contribution in [3.63, 3.8) is 0 Å². The van der Waals surface area contributed by atoms with Gasteiger partial charge in [0.25, 0.3) is 0 Å². The Hall–Kier alpha value is -0.660. The summed E-state index contributed by atoms with van der Waals surface area (Å²) in [7, 11) is -5.05. The molecule has 12 nitrogen and oxygen atoms in total. The highest BCUT2D eigenvalue weighted by molar-refractivity contribution is 7.47. The highest BCUT2D eigenvalue weighted by Crippen LogP contribution is 2.47. The Labute approximate surface area is 423 Å². The first-order valence-electron chi connectivity index (χ1n) is 29.5. The lowest BCUT2D eigenvalue weighted by atomic mass is 9.85. The molecule has 8 N–H and O–H groups in total. The van der Waals surface area contributed by atoms with E-state index in [-0.39, 0.29) is 12.3 Å². The molecule has 1 amide bonds. The second-order valence-electron chi connectivity index (χ2n) is 21.2. The van der Waals surface area contributed by atoms with Crippen LogP contribution < -0.4 is 5.32 Å². The van der Waals surface area contributed by atoms with E-state index in [9.17, 15) is 44.9 Å². The van der Waals surface area contributed by atoms with Crippen LogP contribution in [0.3, 0.4) is 0 Å². The van der Waals surface area contributed by atoms with Crippen molar-refractivity contribution >= 4 is 13.7 Å². The summed E-state index contributed by atoms with van der Waals surface area (Å²) in [5.41, 5.74) is 0. The van der Waals surface area contributed by atoms with Crippen molar-refractivity contribution in [3.8, 4) is 0 Å². The van der Waals surface area contributed by atoms with Gasteiger partial charge in [0, 0.05) is 6.42 Å². The van der Waals surface area contributed by atoms with E-state index in [4.69, 9.17) is 9.05 Å². The number of rotatable bonds is 51. The number of hydrogen-bond donors (Lipinski definition) is 8. The summed E-state index contributed by atoms with van der Waals surface area (Å²) in [6, 6.07) is -1.03. The van der Waals surface area contributed by atoms with Gasteiger partial charge < -0.3 is 40.8 Å². The summed E-state index contributed by atoms with van der Waals surface area (Å²) in [6.45, 7) is 3.92. The predicted molar refractivity (Wildman–Crippen MR) is 283 cm³/mol. The molecule has 13 heteroatoms. The molecule has 0 aromatic heterocycles. The molecule has 1 saturated carbocycles. The number of phosphoric acid groups is 1. The summed E-state index contributed by atoms with van der Waals surface area (Å²) in [6.07, 6.45) is 41.8. The minimum absolute atomic E-state index is 0.243. The Morgan fingerprint density at radius 2 is 0.696 bits per heavy atom. The predicted octanol–water partition coefficient (Wildman–Crippen LogP) is 13.4. The molecule has 69 heavy (non-hydrogen) atoms. The molecule has 0 heterocycles. The summed E-state index contributed by atoms with van der Waals surface area (Å²) >= 11 is 0. The molecule has 0 saturated heterocycles. The smallest absolute Gasteiger partial charge is 0.391 e. The molecular weight excluding hydrogens is 894 g/mol. The summed E-state index contributed by atoms with van der Waals surface area (Å²) < 4.78 is 23.0. The Kier molecular flexibility index (Phi) is 44.2. The lowest BCUT2D eigenvalue weighted by molar-refractivity contribution is -0.220. The summed E-state index contributed by atoms with van der Waals surface area (Å²) in [4.78, 5) is 23.5. The van der Waals surface area contributed by atoms with Crippen LogP contribution in [0.25, 0.3) is 0 Å². The largest absolute Gasteiger partial charge is 0.472 e. The van der Waals surface area contributed by atoms with E-state index in [0.29, 0.717) is 19.3 Å². The number of aliphatic hydroxyl groups is 6. The Morgan fingerprint density at radius 3 is 1.00 bits per heavy atom. The van der Waals surface area contributed by atoms with Gasteiger partial charge in [-0.3, -0.25) is 13.8 Å². The van der Waals surface area contributed by atoms with Gasteiger partial charge in [0.1, 0.15) is 36.6 Å². The Bertz CT molecular complexity index is 1170. The molecule has 0 aromatic carbocycles. The third kappa shape index (κ3) is 36.8. The second-order valence-corrected chi connectivity index (χ2v) is 22.6. The first-order valence-corrected chi connectivity index (χ1v) is 31.0. The molecule has 1 rings (SSSR count). The minimum atomic E-state index is -5.05. The number of carbonyl (C=O) groups is 1. The van der Waals surface area contributed by atoms with E-state index in [1.165, 1.54) is 218 Å². The van der Waals surface area contributed by atoms with Crippen molar-refractivity contribution in [2.75, 3.05) is 6.61 Å². The maximum atomic E-state index is 13.0. The molecule has 0 spiro atoms. The number of hydrogen-bond acceptors (Lipinski definition) is 10. The number of nitrogens with one attached hydrogen (secondary N) is 1. The normalized spacial score (nSPS) is 21.3. The molecule has 0 aromatic rings. The zero-order chi connectivity index (χ0) is 50.6. The van der Waals surface area contributed by atoms with Gasteiger partial charge in [-0.1, -0.05) is 277 Å². The number of aliphatic hydroxyl groups excluding tert-OH is 6. The fourth-order valence-electron chi connectivity index (χ4n) is 9.91. The lowest BCUT2D eigenvalue weighted by Gasteiger charge is -2.41. The zero-order valence-corrected chi connectivity index (χ0v) is 45.5. The Morgan fingerprint density at radius 1 is 0.435 bits per heavy atom. The summed E-state index contributed by atoms with van der Waals surface area (Å²) in [5, 5.41) is 64.3. The molecule has 1 aliphatic carbocycles.